The molecule has 0 aromatic heterocycles. The first-order chi connectivity index (χ1) is 20.0. The van der Waals surface area contributed by atoms with Gasteiger partial charge in [0, 0.05) is 0 Å². The average molecular weight is 575 g/mol. The van der Waals surface area contributed by atoms with Gasteiger partial charge in [-0.2, -0.15) is 0 Å². The topological polar surface area (TPSA) is 82.1 Å². The maximum atomic E-state index is 12.9. The van der Waals surface area contributed by atoms with E-state index in [1.807, 2.05) is 0 Å². The molecule has 0 fully saturated rings. The Bertz CT molecular complexity index is 807. The molecule has 0 saturated carbocycles. The highest BCUT2D eigenvalue weighted by Crippen LogP contribution is 2.27. The second-order valence-corrected chi connectivity index (χ2v) is 11.1. The van der Waals surface area contributed by atoms with E-state index in [9.17, 15) is 14.7 Å². The van der Waals surface area contributed by atoms with Gasteiger partial charge >= 0.3 is 11.9 Å². The van der Waals surface area contributed by atoms with Crippen LogP contribution in [-0.2, 0) is 19.1 Å². The summed E-state index contributed by atoms with van der Waals surface area (Å²) in [5.74, 6) is -1.11. The second kappa shape index (κ2) is 25.2. The average Bonchev–Trinajstić information content (AvgIpc) is 2.97. The number of hydrogen-bond donors (Lipinski definition) is 1. The van der Waals surface area contributed by atoms with Crippen LogP contribution in [0.4, 0.5) is 0 Å². The third-order valence-corrected chi connectivity index (χ3v) is 7.42. The molecule has 1 aromatic rings. The van der Waals surface area contributed by atoms with Gasteiger partial charge in [0.25, 0.3) is 0 Å². The molecule has 1 N–H and O–H groups in total. The molecule has 1 rings (SSSR count). The molecule has 0 bridgehead atoms. The Labute approximate surface area is 250 Å². The first-order valence-electron chi connectivity index (χ1n) is 16.5. The van der Waals surface area contributed by atoms with E-state index in [4.69, 9.17) is 14.2 Å². The van der Waals surface area contributed by atoms with Crippen LogP contribution < -0.4 is 4.74 Å². The molecule has 0 aliphatic carbocycles. The number of carbonyl (C=O) groups excluding carboxylic acids is 2. The zero-order valence-corrected chi connectivity index (χ0v) is 26.4. The minimum absolute atomic E-state index is 0.0155. The van der Waals surface area contributed by atoms with Crippen LogP contribution in [-0.4, -0.2) is 37.4 Å². The molecule has 6 heteroatoms. The fourth-order valence-corrected chi connectivity index (χ4v) is 4.82. The Morgan fingerprint density at radius 2 is 1.02 bits per heavy atom. The summed E-state index contributed by atoms with van der Waals surface area (Å²) in [5.41, 5.74) is 0.401. The molecule has 234 valence electrons. The smallest absolute Gasteiger partial charge is 0.345 e. The van der Waals surface area contributed by atoms with Gasteiger partial charge < -0.3 is 19.3 Å². The minimum Gasteiger partial charge on any atom is -0.504 e. The van der Waals surface area contributed by atoms with Gasteiger partial charge in [0.15, 0.2) is 11.5 Å². The van der Waals surface area contributed by atoms with Crippen molar-refractivity contribution in [3.05, 3.63) is 29.3 Å². The number of carbonyl (C=O) groups is 2. The number of esters is 2. The van der Waals surface area contributed by atoms with Gasteiger partial charge in [-0.1, -0.05) is 135 Å². The number of ether oxygens (including phenoxy) is 3. The largest absolute Gasteiger partial charge is 0.504 e. The number of hydrogen-bond acceptors (Lipinski definition) is 6. The van der Waals surface area contributed by atoms with Crippen molar-refractivity contribution in [2.45, 2.75) is 142 Å². The molecular formula is C35H58O6. The van der Waals surface area contributed by atoms with Gasteiger partial charge in [-0.3, -0.25) is 0 Å². The highest BCUT2D eigenvalue weighted by molar-refractivity contribution is 6.17. The molecule has 0 saturated heterocycles. The molecule has 6 nitrogen and oxygen atoms in total. The van der Waals surface area contributed by atoms with Gasteiger partial charge in [0.2, 0.25) is 0 Å². The minimum atomic E-state index is -0.680. The summed E-state index contributed by atoms with van der Waals surface area (Å²) in [7, 11) is 1.45. The van der Waals surface area contributed by atoms with Crippen LogP contribution in [0.5, 0.6) is 11.5 Å². The van der Waals surface area contributed by atoms with Crippen LogP contribution in [0.3, 0.4) is 0 Å². The fraction of sp³-hybridized carbons (Fsp3) is 0.714. The van der Waals surface area contributed by atoms with E-state index in [1.165, 1.54) is 109 Å². The first-order valence-corrected chi connectivity index (χ1v) is 16.5. The van der Waals surface area contributed by atoms with Crippen molar-refractivity contribution in [2.75, 3.05) is 20.3 Å². The lowest BCUT2D eigenvalue weighted by atomic mass is 10.1. The van der Waals surface area contributed by atoms with Gasteiger partial charge in [-0.15, -0.1) is 0 Å². The number of methoxy groups -OCH3 is 1. The van der Waals surface area contributed by atoms with E-state index in [0.717, 1.165) is 38.5 Å². The zero-order chi connectivity index (χ0) is 30.0. The summed E-state index contributed by atoms with van der Waals surface area (Å²) >= 11 is 0. The summed E-state index contributed by atoms with van der Waals surface area (Å²) in [6.07, 6.45) is 25.3. The van der Waals surface area contributed by atoms with Crippen LogP contribution >= 0.6 is 0 Å². The molecule has 1 aromatic carbocycles. The van der Waals surface area contributed by atoms with Crippen molar-refractivity contribution in [1.82, 2.24) is 0 Å². The van der Waals surface area contributed by atoms with E-state index < -0.39 is 11.9 Å². The lowest BCUT2D eigenvalue weighted by Gasteiger charge is -2.10. The molecule has 0 atom stereocenters. The standard InChI is InChI=1S/C35H58O6/c1-4-6-8-10-12-14-16-18-20-22-26-40-34(37)31(28-30-24-25-32(36)33(29-30)39-3)35(38)41-27-23-21-19-17-15-13-11-9-7-5-2/h24-25,28-29,36H,4-23,26-27H2,1-3H3. The van der Waals surface area contributed by atoms with Crippen molar-refractivity contribution in [3.8, 4) is 11.5 Å². The fourth-order valence-electron chi connectivity index (χ4n) is 4.82. The van der Waals surface area contributed by atoms with E-state index in [0.29, 0.717) is 5.56 Å². The van der Waals surface area contributed by atoms with Crippen LogP contribution in [0.25, 0.3) is 6.08 Å². The van der Waals surface area contributed by atoms with E-state index in [1.54, 1.807) is 12.1 Å². The summed E-state index contributed by atoms with van der Waals surface area (Å²) in [6.45, 7) is 5.02. The van der Waals surface area contributed by atoms with Crippen LogP contribution in [0.1, 0.15) is 148 Å². The van der Waals surface area contributed by atoms with Crippen molar-refractivity contribution < 1.29 is 28.9 Å². The quantitative estimate of drug-likeness (QED) is 0.0390. The summed E-state index contributed by atoms with van der Waals surface area (Å²) in [5, 5.41) is 9.90. The maximum Gasteiger partial charge on any atom is 0.345 e. The van der Waals surface area contributed by atoms with E-state index in [-0.39, 0.29) is 30.3 Å². The Balaban J connectivity index is 2.48. The van der Waals surface area contributed by atoms with Gasteiger partial charge in [-0.05, 0) is 36.6 Å². The highest BCUT2D eigenvalue weighted by atomic mass is 16.6. The lowest BCUT2D eigenvalue weighted by molar-refractivity contribution is -0.147. The highest BCUT2D eigenvalue weighted by Gasteiger charge is 2.22. The first kappa shape index (κ1) is 36.5. The molecule has 41 heavy (non-hydrogen) atoms. The Morgan fingerprint density at radius 3 is 1.41 bits per heavy atom. The normalized spacial score (nSPS) is 10.8. The molecular weight excluding hydrogens is 516 g/mol. The Morgan fingerprint density at radius 1 is 0.634 bits per heavy atom. The molecule has 0 aliphatic rings. The summed E-state index contributed by atoms with van der Waals surface area (Å²) < 4.78 is 16.1. The number of rotatable bonds is 26. The molecule has 0 aliphatic heterocycles. The Kier molecular flexibility index (Phi) is 22.5. The second-order valence-electron chi connectivity index (χ2n) is 11.1. The van der Waals surface area contributed by atoms with Crippen molar-refractivity contribution in [2.24, 2.45) is 0 Å². The summed E-state index contributed by atoms with van der Waals surface area (Å²) in [4.78, 5) is 25.8. The monoisotopic (exact) mass is 574 g/mol. The molecule has 0 unspecified atom stereocenters. The van der Waals surface area contributed by atoms with Crippen LogP contribution in [0.2, 0.25) is 0 Å². The summed E-state index contributed by atoms with van der Waals surface area (Å²) in [6, 6.07) is 4.65. The number of phenols is 1. The molecule has 0 radical (unpaired) electrons. The van der Waals surface area contributed by atoms with Crippen LogP contribution in [0, 0.1) is 0 Å². The number of benzene rings is 1. The van der Waals surface area contributed by atoms with Crippen molar-refractivity contribution in [1.29, 1.82) is 0 Å². The van der Waals surface area contributed by atoms with E-state index in [2.05, 4.69) is 13.8 Å². The maximum absolute atomic E-state index is 12.9. The van der Waals surface area contributed by atoms with Crippen molar-refractivity contribution >= 4 is 18.0 Å². The number of phenolic OH excluding ortho intramolecular Hbond substituents is 1. The zero-order valence-electron chi connectivity index (χ0n) is 26.4. The molecule has 0 heterocycles. The van der Waals surface area contributed by atoms with Crippen LogP contribution in [0.15, 0.2) is 23.8 Å². The van der Waals surface area contributed by atoms with Crippen molar-refractivity contribution in [3.63, 3.8) is 0 Å². The van der Waals surface area contributed by atoms with Gasteiger partial charge in [-0.25, -0.2) is 9.59 Å². The van der Waals surface area contributed by atoms with E-state index >= 15 is 0 Å². The predicted molar refractivity (Wildman–Crippen MR) is 168 cm³/mol. The van der Waals surface area contributed by atoms with Gasteiger partial charge in [0.05, 0.1) is 20.3 Å². The SMILES string of the molecule is CCCCCCCCCCCCOC(=O)C(=Cc1ccc(O)c(OC)c1)C(=O)OCCCCCCCCCCCC. The number of unbranched alkanes of at least 4 members (excludes halogenated alkanes) is 18. The van der Waals surface area contributed by atoms with Gasteiger partial charge in [0.1, 0.15) is 5.57 Å². The third kappa shape index (κ3) is 18.5. The third-order valence-electron chi connectivity index (χ3n) is 7.42. The predicted octanol–water partition coefficient (Wildman–Crippen LogP) is 9.71. The molecule has 0 spiro atoms. The number of aromatic hydroxyl groups is 1. The lowest BCUT2D eigenvalue weighted by Crippen LogP contribution is -2.19. The molecule has 0 amide bonds. The Hall–Kier alpha value is -2.50.